The van der Waals surface area contributed by atoms with Crippen molar-refractivity contribution in [3.05, 3.63) is 70.1 Å². The summed E-state index contributed by atoms with van der Waals surface area (Å²) in [5.74, 6) is -2.14. The molecule has 0 fully saturated rings. The van der Waals surface area contributed by atoms with Gasteiger partial charge >= 0.3 is 12.1 Å². The van der Waals surface area contributed by atoms with Crippen LogP contribution in [0.15, 0.2) is 42.5 Å². The van der Waals surface area contributed by atoms with Gasteiger partial charge in [0.05, 0.1) is 5.56 Å². The molecule has 0 saturated heterocycles. The highest BCUT2D eigenvalue weighted by atomic mass is 35.5. The molecule has 0 saturated carbocycles. The minimum Gasteiger partial charge on any atom is -0.477 e. The Kier molecular flexibility index (Phi) is 4.20. The van der Waals surface area contributed by atoms with Gasteiger partial charge in [-0.05, 0) is 48.0 Å². The lowest BCUT2D eigenvalue weighted by Crippen LogP contribution is -2.15. The maximum absolute atomic E-state index is 13.5. The molecule has 8 heteroatoms. The van der Waals surface area contributed by atoms with Crippen LogP contribution in [0.2, 0.25) is 5.02 Å². The fourth-order valence-corrected chi connectivity index (χ4v) is 2.91. The molecule has 0 unspecified atom stereocenters. The van der Waals surface area contributed by atoms with Gasteiger partial charge in [-0.15, -0.1) is 0 Å². The van der Waals surface area contributed by atoms with Gasteiger partial charge in [0.25, 0.3) is 0 Å². The van der Waals surface area contributed by atoms with E-state index in [1.165, 1.54) is 28.8 Å². The van der Waals surface area contributed by atoms with E-state index >= 15 is 0 Å². The van der Waals surface area contributed by atoms with Crippen molar-refractivity contribution >= 4 is 28.5 Å². The number of aromatic nitrogens is 1. The van der Waals surface area contributed by atoms with Crippen molar-refractivity contribution in [3.63, 3.8) is 0 Å². The van der Waals surface area contributed by atoms with Crippen LogP contribution < -0.4 is 0 Å². The van der Waals surface area contributed by atoms with Crippen molar-refractivity contribution in [1.82, 2.24) is 4.57 Å². The monoisotopic (exact) mass is 371 g/mol. The third-order valence-corrected chi connectivity index (χ3v) is 4.02. The van der Waals surface area contributed by atoms with E-state index in [0.29, 0.717) is 22.0 Å². The van der Waals surface area contributed by atoms with Crippen LogP contribution in [0.4, 0.5) is 17.6 Å². The molecule has 0 aliphatic heterocycles. The predicted octanol–water partition coefficient (Wildman–Crippen LogP) is 5.20. The van der Waals surface area contributed by atoms with Gasteiger partial charge in [-0.1, -0.05) is 11.6 Å². The van der Waals surface area contributed by atoms with Crippen molar-refractivity contribution in [2.75, 3.05) is 0 Å². The summed E-state index contributed by atoms with van der Waals surface area (Å²) in [6, 6.07) is 7.97. The van der Waals surface area contributed by atoms with E-state index in [1.54, 1.807) is 0 Å². The molecule has 1 N–H and O–H groups in total. The number of halogens is 5. The molecule has 1 aromatic heterocycles. The molecule has 1 heterocycles. The van der Waals surface area contributed by atoms with Crippen molar-refractivity contribution in [1.29, 1.82) is 0 Å². The Morgan fingerprint density at radius 2 is 1.84 bits per heavy atom. The highest BCUT2D eigenvalue weighted by molar-refractivity contribution is 6.31. The van der Waals surface area contributed by atoms with Crippen LogP contribution >= 0.6 is 11.6 Å². The zero-order valence-electron chi connectivity index (χ0n) is 12.4. The Bertz CT molecular complexity index is 979. The summed E-state index contributed by atoms with van der Waals surface area (Å²) < 4.78 is 54.2. The number of carboxylic acid groups (broad SMARTS) is 1. The van der Waals surface area contributed by atoms with E-state index in [2.05, 4.69) is 0 Å². The Hall–Kier alpha value is -2.54. The Morgan fingerprint density at radius 1 is 1.12 bits per heavy atom. The van der Waals surface area contributed by atoms with E-state index < -0.39 is 30.1 Å². The summed E-state index contributed by atoms with van der Waals surface area (Å²) >= 11 is 5.87. The molecular formula is C17H10ClF4NO2. The van der Waals surface area contributed by atoms with E-state index in [4.69, 9.17) is 11.6 Å². The number of fused-ring (bicyclic) bond motifs is 1. The predicted molar refractivity (Wildman–Crippen MR) is 84.4 cm³/mol. The summed E-state index contributed by atoms with van der Waals surface area (Å²) in [6.45, 7) is -0.445. The highest BCUT2D eigenvalue weighted by Gasteiger charge is 2.33. The molecule has 0 aliphatic carbocycles. The second kappa shape index (κ2) is 6.07. The van der Waals surface area contributed by atoms with Crippen LogP contribution in [0, 0.1) is 5.82 Å². The average Bonchev–Trinajstić information content (AvgIpc) is 2.84. The lowest BCUT2D eigenvalue weighted by molar-refractivity contribution is -0.138. The minimum absolute atomic E-state index is 0.213. The zero-order valence-corrected chi connectivity index (χ0v) is 13.2. The van der Waals surface area contributed by atoms with Gasteiger partial charge in [0, 0.05) is 22.5 Å². The first-order chi connectivity index (χ1) is 11.7. The SMILES string of the molecule is O=C(O)c1cc2cc(Cl)ccc2n1Cc1cc(F)ccc1C(F)(F)F. The molecule has 3 aromatic rings. The van der Waals surface area contributed by atoms with Gasteiger partial charge in [0.15, 0.2) is 0 Å². The number of carbonyl (C=O) groups is 1. The third kappa shape index (κ3) is 3.32. The molecule has 25 heavy (non-hydrogen) atoms. The summed E-state index contributed by atoms with van der Waals surface area (Å²) in [5.41, 5.74) is -1.20. The number of hydrogen-bond donors (Lipinski definition) is 1. The van der Waals surface area contributed by atoms with E-state index in [1.807, 2.05) is 0 Å². The smallest absolute Gasteiger partial charge is 0.416 e. The molecule has 2 aromatic carbocycles. The van der Waals surface area contributed by atoms with Crippen LogP contribution in [0.3, 0.4) is 0 Å². The Balaban J connectivity index is 2.20. The molecule has 130 valence electrons. The van der Waals surface area contributed by atoms with Crippen LogP contribution in [-0.2, 0) is 12.7 Å². The van der Waals surface area contributed by atoms with Gasteiger partial charge in [-0.3, -0.25) is 0 Å². The first-order valence-corrected chi connectivity index (χ1v) is 7.42. The highest BCUT2D eigenvalue weighted by Crippen LogP contribution is 2.34. The molecule has 0 atom stereocenters. The van der Waals surface area contributed by atoms with Gasteiger partial charge in [0.2, 0.25) is 0 Å². The van der Waals surface area contributed by atoms with Crippen LogP contribution in [-0.4, -0.2) is 15.6 Å². The second-order valence-corrected chi connectivity index (χ2v) is 5.86. The Morgan fingerprint density at radius 3 is 2.48 bits per heavy atom. The van der Waals surface area contributed by atoms with Crippen LogP contribution in [0.5, 0.6) is 0 Å². The van der Waals surface area contributed by atoms with E-state index in [9.17, 15) is 27.5 Å². The van der Waals surface area contributed by atoms with Crippen LogP contribution in [0.25, 0.3) is 10.9 Å². The minimum atomic E-state index is -4.68. The Labute approximate surface area is 144 Å². The standard InChI is InChI=1S/C17H10ClF4NO2/c18-11-1-4-14-9(5-11)7-15(16(24)25)23(14)8-10-6-12(19)2-3-13(10)17(20,21)22/h1-7H,8H2,(H,24,25). The molecule has 0 amide bonds. The quantitative estimate of drug-likeness (QED) is 0.643. The van der Waals surface area contributed by atoms with Gasteiger partial charge < -0.3 is 9.67 Å². The first kappa shape index (κ1) is 17.3. The fourth-order valence-electron chi connectivity index (χ4n) is 2.73. The van der Waals surface area contributed by atoms with E-state index in [0.717, 1.165) is 12.1 Å². The maximum atomic E-state index is 13.5. The van der Waals surface area contributed by atoms with Crippen molar-refractivity contribution in [3.8, 4) is 0 Å². The molecule has 0 spiro atoms. The van der Waals surface area contributed by atoms with Crippen LogP contribution in [0.1, 0.15) is 21.6 Å². The number of hydrogen-bond acceptors (Lipinski definition) is 1. The molecule has 3 rings (SSSR count). The van der Waals surface area contributed by atoms with Gasteiger partial charge in [-0.25, -0.2) is 9.18 Å². The molecule has 0 bridgehead atoms. The molecule has 3 nitrogen and oxygen atoms in total. The summed E-state index contributed by atoms with van der Waals surface area (Å²) in [7, 11) is 0. The number of rotatable bonds is 3. The molecular weight excluding hydrogens is 362 g/mol. The van der Waals surface area contributed by atoms with Gasteiger partial charge in [-0.2, -0.15) is 13.2 Å². The van der Waals surface area contributed by atoms with Gasteiger partial charge in [0.1, 0.15) is 11.5 Å². The number of aromatic carboxylic acids is 1. The fraction of sp³-hybridized carbons (Fsp3) is 0.118. The maximum Gasteiger partial charge on any atom is 0.416 e. The second-order valence-electron chi connectivity index (χ2n) is 5.42. The normalized spacial score (nSPS) is 11.9. The number of nitrogens with zero attached hydrogens (tertiary/aromatic N) is 1. The number of carboxylic acids is 1. The third-order valence-electron chi connectivity index (χ3n) is 3.78. The molecule has 0 radical (unpaired) electrons. The largest absolute Gasteiger partial charge is 0.477 e. The summed E-state index contributed by atoms with van der Waals surface area (Å²) in [4.78, 5) is 11.5. The lowest BCUT2D eigenvalue weighted by Gasteiger charge is -2.15. The number of alkyl halides is 3. The summed E-state index contributed by atoms with van der Waals surface area (Å²) in [6.07, 6.45) is -4.68. The van der Waals surface area contributed by atoms with Crippen molar-refractivity contribution in [2.24, 2.45) is 0 Å². The summed E-state index contributed by atoms with van der Waals surface area (Å²) in [5, 5.41) is 10.2. The lowest BCUT2D eigenvalue weighted by atomic mass is 10.1. The number of benzene rings is 2. The first-order valence-electron chi connectivity index (χ1n) is 7.04. The topological polar surface area (TPSA) is 42.2 Å². The van der Waals surface area contributed by atoms with Crippen molar-refractivity contribution < 1.29 is 27.5 Å². The van der Waals surface area contributed by atoms with Crippen molar-refractivity contribution in [2.45, 2.75) is 12.7 Å². The van der Waals surface area contributed by atoms with E-state index in [-0.39, 0.29) is 11.3 Å². The molecule has 0 aliphatic rings. The average molecular weight is 372 g/mol. The zero-order chi connectivity index (χ0) is 18.4.